The van der Waals surface area contributed by atoms with E-state index in [-0.39, 0.29) is 45.3 Å². The maximum Gasteiger partial charge on any atom is 0.288 e. The van der Waals surface area contributed by atoms with Gasteiger partial charge >= 0.3 is 0 Å². The molecule has 14 nitrogen and oxygen atoms in total. The van der Waals surface area contributed by atoms with Crippen molar-refractivity contribution in [3.8, 4) is 0 Å². The van der Waals surface area contributed by atoms with Crippen molar-refractivity contribution in [2.45, 2.75) is 0 Å². The average molecular weight is 795 g/mol. The number of benzene rings is 3. The standard InChI is InChI=1S/C46H34N8O6/c55-39-17-9-7-15-33(39)25-37(51-43(57)31-11-3-1-4-12-31)45(59)53-47-27-35-23-21-29-19-20-30-22-24-36(50-42(30)41(29)49-35)28-48-54-46(60)38(26-34-16-8-10-18-40(34)56)52-44(58)32-13-5-2-6-14-32/h1-28,47-50H,(H,53,59)(H,54,60)/b33-25-,34-26-,35-27+,36-28+,51-37?,52-38?. The number of carbonyl (C=O) groups excluding carboxylic acids is 6. The number of nitrogens with one attached hydrogen (secondary N) is 6. The minimum absolute atomic E-state index is 0.186. The second-order valence-corrected chi connectivity index (χ2v) is 13.0. The number of hydrogen-bond acceptors (Lipinski definition) is 10. The molecule has 6 N–H and O–H groups in total. The Balaban J connectivity index is 1.02. The lowest BCUT2D eigenvalue weighted by Crippen LogP contribution is -2.39. The van der Waals surface area contributed by atoms with Crippen molar-refractivity contribution in [3.63, 3.8) is 0 Å². The number of aliphatic imine (C=N–C) groups is 2. The minimum atomic E-state index is -0.757. The summed E-state index contributed by atoms with van der Waals surface area (Å²) in [7, 11) is 0. The van der Waals surface area contributed by atoms with E-state index >= 15 is 0 Å². The van der Waals surface area contributed by atoms with E-state index in [1.807, 2.05) is 24.3 Å². The van der Waals surface area contributed by atoms with E-state index in [2.05, 4.69) is 42.3 Å². The first-order valence-electron chi connectivity index (χ1n) is 18.4. The molecule has 0 saturated heterocycles. The van der Waals surface area contributed by atoms with Gasteiger partial charge in [0.2, 0.25) is 0 Å². The van der Waals surface area contributed by atoms with Crippen LogP contribution in [0.3, 0.4) is 0 Å². The molecule has 294 valence electrons. The second-order valence-electron chi connectivity index (χ2n) is 13.0. The summed E-state index contributed by atoms with van der Waals surface area (Å²) in [6.45, 7) is 0. The summed E-state index contributed by atoms with van der Waals surface area (Å²) in [5.74, 6) is -3.50. The molecule has 3 aromatic rings. The molecule has 14 heteroatoms. The van der Waals surface area contributed by atoms with E-state index in [0.29, 0.717) is 22.8 Å². The zero-order chi connectivity index (χ0) is 41.8. The predicted molar refractivity (Wildman–Crippen MR) is 230 cm³/mol. The first kappa shape index (κ1) is 39.5. The Morgan fingerprint density at radius 1 is 0.483 bits per heavy atom. The molecular weight excluding hydrogens is 761 g/mol. The summed E-state index contributed by atoms with van der Waals surface area (Å²) in [6, 6.07) is 20.4. The van der Waals surface area contributed by atoms with Gasteiger partial charge in [0.05, 0.1) is 22.8 Å². The number of hydrogen-bond donors (Lipinski definition) is 6. The molecule has 3 aromatic carbocycles. The Hall–Kier alpha value is -8.78. The van der Waals surface area contributed by atoms with Crippen molar-refractivity contribution in [1.29, 1.82) is 0 Å². The molecule has 60 heavy (non-hydrogen) atoms. The van der Waals surface area contributed by atoms with Crippen LogP contribution in [0.1, 0.15) is 31.8 Å². The molecule has 4 aliphatic rings. The fourth-order valence-electron chi connectivity index (χ4n) is 5.87. The number of carbonyl (C=O) groups is 6. The molecule has 7 rings (SSSR count). The molecule has 0 unspecified atom stereocenters. The third-order valence-electron chi connectivity index (χ3n) is 8.89. The van der Waals surface area contributed by atoms with Gasteiger partial charge in [-0.3, -0.25) is 39.6 Å². The van der Waals surface area contributed by atoms with Gasteiger partial charge in [-0.2, -0.15) is 0 Å². The van der Waals surface area contributed by atoms with Crippen LogP contribution in [0.15, 0.2) is 191 Å². The second kappa shape index (κ2) is 18.4. The number of anilines is 2. The number of ketones is 2. The van der Waals surface area contributed by atoms with Crippen LogP contribution in [0.4, 0.5) is 11.4 Å². The SMILES string of the molecule is O=C(NN/C=C1\C=Cc2ccc3c(c2N1)N/C(=C/NNC(=O)C(/C=C1/C=CC=CC1=O)=NC(=O)c1ccccc1)C=C3)C(/C=C1/C=CC=CC1=O)=NC(=O)c1ccccc1. The summed E-state index contributed by atoms with van der Waals surface area (Å²) in [5.41, 5.74) is 15.1. The first-order valence-corrected chi connectivity index (χ1v) is 18.4. The highest BCUT2D eigenvalue weighted by molar-refractivity contribution is 6.46. The van der Waals surface area contributed by atoms with Gasteiger partial charge in [0.25, 0.3) is 23.6 Å². The van der Waals surface area contributed by atoms with Gasteiger partial charge in [-0.1, -0.05) is 97.1 Å². The van der Waals surface area contributed by atoms with Crippen molar-refractivity contribution in [2.75, 3.05) is 10.6 Å². The van der Waals surface area contributed by atoms with Crippen LogP contribution in [-0.4, -0.2) is 46.6 Å². The number of rotatable bonds is 10. The van der Waals surface area contributed by atoms with Crippen LogP contribution in [0.5, 0.6) is 0 Å². The van der Waals surface area contributed by atoms with Crippen LogP contribution in [0, 0.1) is 0 Å². The number of amides is 4. The van der Waals surface area contributed by atoms with E-state index in [1.165, 1.54) is 48.9 Å². The fourth-order valence-corrected chi connectivity index (χ4v) is 5.87. The Bertz CT molecular complexity index is 2510. The Morgan fingerprint density at radius 3 is 1.28 bits per heavy atom. The van der Waals surface area contributed by atoms with Crippen molar-refractivity contribution >= 4 is 70.1 Å². The van der Waals surface area contributed by atoms with E-state index in [1.54, 1.807) is 97.1 Å². The van der Waals surface area contributed by atoms with Crippen LogP contribution in [0.2, 0.25) is 0 Å². The van der Waals surface area contributed by atoms with Crippen LogP contribution in [0.25, 0.3) is 12.2 Å². The molecule has 0 aromatic heterocycles. The van der Waals surface area contributed by atoms with Crippen LogP contribution >= 0.6 is 0 Å². The Kier molecular flexibility index (Phi) is 12.1. The molecule has 0 radical (unpaired) electrons. The molecular formula is C46H34N8O6. The normalized spacial score (nSPS) is 17.9. The van der Waals surface area contributed by atoms with Crippen molar-refractivity contribution in [3.05, 3.63) is 203 Å². The van der Waals surface area contributed by atoms with E-state index in [4.69, 9.17) is 0 Å². The Morgan fingerprint density at radius 2 is 0.883 bits per heavy atom. The number of nitrogens with zero attached hydrogens (tertiary/aromatic N) is 2. The highest BCUT2D eigenvalue weighted by atomic mass is 16.2. The third kappa shape index (κ3) is 9.77. The Labute approximate surface area is 343 Å². The predicted octanol–water partition coefficient (Wildman–Crippen LogP) is 5.29. The van der Waals surface area contributed by atoms with Crippen molar-refractivity contribution < 1.29 is 28.8 Å². The van der Waals surface area contributed by atoms with Crippen molar-refractivity contribution in [1.82, 2.24) is 21.7 Å². The smallest absolute Gasteiger partial charge is 0.288 e. The maximum absolute atomic E-state index is 13.3. The zero-order valence-electron chi connectivity index (χ0n) is 31.5. The molecule has 0 saturated carbocycles. The number of hydrazine groups is 2. The summed E-state index contributed by atoms with van der Waals surface area (Å²) in [5, 5.41) is 6.67. The van der Waals surface area contributed by atoms with E-state index in [0.717, 1.165) is 11.1 Å². The lowest BCUT2D eigenvalue weighted by Gasteiger charge is -2.25. The maximum atomic E-state index is 13.3. The summed E-state index contributed by atoms with van der Waals surface area (Å²) >= 11 is 0. The average Bonchev–Trinajstić information content (AvgIpc) is 3.27. The van der Waals surface area contributed by atoms with E-state index in [9.17, 15) is 28.8 Å². The van der Waals surface area contributed by atoms with Gasteiger partial charge in [0.1, 0.15) is 11.4 Å². The summed E-state index contributed by atoms with van der Waals surface area (Å²) < 4.78 is 0. The minimum Gasteiger partial charge on any atom is -0.352 e. The molecule has 2 aliphatic heterocycles. The lowest BCUT2D eigenvalue weighted by molar-refractivity contribution is -0.116. The highest BCUT2D eigenvalue weighted by Crippen LogP contribution is 2.38. The molecule has 0 fully saturated rings. The molecule has 2 aliphatic carbocycles. The molecule has 0 atom stereocenters. The topological polar surface area (TPSA) is 199 Å². The monoisotopic (exact) mass is 794 g/mol. The molecule has 0 spiro atoms. The largest absolute Gasteiger partial charge is 0.352 e. The van der Waals surface area contributed by atoms with Crippen molar-refractivity contribution in [2.24, 2.45) is 9.98 Å². The number of fused-ring (bicyclic) bond motifs is 3. The van der Waals surface area contributed by atoms with E-state index < -0.39 is 23.6 Å². The first-order chi connectivity index (χ1) is 29.2. The lowest BCUT2D eigenvalue weighted by atomic mass is 9.99. The summed E-state index contributed by atoms with van der Waals surface area (Å²) in [4.78, 5) is 85.3. The summed E-state index contributed by atoms with van der Waals surface area (Å²) in [6.07, 6.45) is 25.0. The number of allylic oxidation sites excluding steroid dienone is 12. The van der Waals surface area contributed by atoms with Crippen LogP contribution in [-0.2, 0) is 19.2 Å². The highest BCUT2D eigenvalue weighted by Gasteiger charge is 2.20. The van der Waals surface area contributed by atoms with Gasteiger partial charge in [0, 0.05) is 45.8 Å². The van der Waals surface area contributed by atoms with Gasteiger partial charge < -0.3 is 21.5 Å². The molecule has 2 heterocycles. The fraction of sp³-hybridized carbons (Fsp3) is 0. The van der Waals surface area contributed by atoms with Gasteiger partial charge in [-0.25, -0.2) is 9.98 Å². The molecule has 4 amide bonds. The van der Waals surface area contributed by atoms with Crippen LogP contribution < -0.4 is 32.3 Å². The van der Waals surface area contributed by atoms with Gasteiger partial charge in [-0.15, -0.1) is 0 Å². The van der Waals surface area contributed by atoms with Gasteiger partial charge in [-0.05, 0) is 60.7 Å². The van der Waals surface area contributed by atoms with Gasteiger partial charge in [0.15, 0.2) is 11.6 Å². The third-order valence-corrected chi connectivity index (χ3v) is 8.89. The zero-order valence-corrected chi connectivity index (χ0v) is 31.5. The quantitative estimate of drug-likeness (QED) is 0.0890. The molecule has 0 bridgehead atoms.